The van der Waals surface area contributed by atoms with Gasteiger partial charge in [0.15, 0.2) is 5.17 Å². The lowest BCUT2D eigenvalue weighted by Gasteiger charge is -2.31. The molecule has 1 fully saturated rings. The predicted molar refractivity (Wildman–Crippen MR) is 110 cm³/mol. The molecule has 0 aliphatic carbocycles. The Kier molecular flexibility index (Phi) is 6.53. The molecular formula is C20H20ClN3O2S. The molecule has 0 unspecified atom stereocenters. The van der Waals surface area contributed by atoms with Gasteiger partial charge in [-0.15, -0.1) is 0 Å². The monoisotopic (exact) mass is 401 g/mol. The van der Waals surface area contributed by atoms with Crippen LogP contribution in [-0.2, 0) is 16.0 Å². The largest absolute Gasteiger partial charge is 0.358 e. The molecule has 0 aromatic heterocycles. The van der Waals surface area contributed by atoms with Gasteiger partial charge in [-0.2, -0.15) is 0 Å². The first-order chi connectivity index (χ1) is 13.1. The fraction of sp³-hybridized carbons (Fsp3) is 0.250. The summed E-state index contributed by atoms with van der Waals surface area (Å²) in [6.07, 6.45) is 0.875. The number of hydrogen-bond donors (Lipinski definition) is 1. The maximum Gasteiger partial charge on any atom is 0.233 e. The molecule has 1 atom stereocenters. The normalized spacial score (nSPS) is 18.6. The Morgan fingerprint density at radius 3 is 2.74 bits per heavy atom. The molecule has 2 aromatic carbocycles. The Bertz CT molecular complexity index is 857. The fourth-order valence-electron chi connectivity index (χ4n) is 2.76. The Labute approximate surface area is 167 Å². The number of nitrogens with zero attached hydrogens (tertiary/aromatic N) is 2. The van der Waals surface area contributed by atoms with Gasteiger partial charge in [-0.1, -0.05) is 59.8 Å². The smallest absolute Gasteiger partial charge is 0.233 e. The number of hydrogen-bond acceptors (Lipinski definition) is 4. The van der Waals surface area contributed by atoms with Gasteiger partial charge in [-0.25, -0.2) is 4.99 Å². The van der Waals surface area contributed by atoms with Gasteiger partial charge < -0.3 is 5.32 Å². The van der Waals surface area contributed by atoms with Crippen molar-refractivity contribution in [3.63, 3.8) is 0 Å². The van der Waals surface area contributed by atoms with E-state index in [4.69, 9.17) is 11.6 Å². The summed E-state index contributed by atoms with van der Waals surface area (Å²) in [5.41, 5.74) is 1.80. The van der Waals surface area contributed by atoms with E-state index in [1.165, 1.54) is 11.8 Å². The van der Waals surface area contributed by atoms with E-state index < -0.39 is 5.25 Å². The number of carbonyl (C=O) groups excluding carboxylic acids is 2. The third kappa shape index (κ3) is 5.11. The van der Waals surface area contributed by atoms with Crippen LogP contribution < -0.4 is 5.32 Å². The first-order valence-corrected chi connectivity index (χ1v) is 9.89. The number of thioether (sulfide) groups is 1. The van der Waals surface area contributed by atoms with E-state index >= 15 is 0 Å². The lowest BCUT2D eigenvalue weighted by atomic mass is 10.1. The molecule has 7 heteroatoms. The highest BCUT2D eigenvalue weighted by molar-refractivity contribution is 8.15. The SMILES string of the molecule is CNC(=O)[C@@H]1CC(=O)N(CCc2ccccc2)C(=Nc2cccc(Cl)c2)S1. The van der Waals surface area contributed by atoms with Crippen LogP contribution in [0.4, 0.5) is 5.69 Å². The molecule has 3 rings (SSSR count). The number of benzene rings is 2. The number of carbonyl (C=O) groups is 2. The van der Waals surface area contributed by atoms with E-state index in [-0.39, 0.29) is 18.2 Å². The number of amides is 2. The molecule has 1 saturated heterocycles. The second-order valence-electron chi connectivity index (χ2n) is 6.08. The van der Waals surface area contributed by atoms with E-state index in [0.717, 1.165) is 5.56 Å². The van der Waals surface area contributed by atoms with Gasteiger partial charge in [-0.05, 0) is 30.2 Å². The van der Waals surface area contributed by atoms with Crippen LogP contribution in [0.5, 0.6) is 0 Å². The zero-order chi connectivity index (χ0) is 19.2. The maximum absolute atomic E-state index is 12.7. The van der Waals surface area contributed by atoms with Crippen LogP contribution in [0.3, 0.4) is 0 Å². The van der Waals surface area contributed by atoms with Crippen molar-refractivity contribution in [1.29, 1.82) is 0 Å². The van der Waals surface area contributed by atoms with Crippen LogP contribution in [0.15, 0.2) is 59.6 Å². The molecule has 0 bridgehead atoms. The van der Waals surface area contributed by atoms with Crippen molar-refractivity contribution in [3.8, 4) is 0 Å². The van der Waals surface area contributed by atoms with E-state index in [0.29, 0.717) is 28.8 Å². The lowest BCUT2D eigenvalue weighted by molar-refractivity contribution is -0.130. The first kappa shape index (κ1) is 19.5. The summed E-state index contributed by atoms with van der Waals surface area (Å²) >= 11 is 7.36. The average Bonchev–Trinajstić information content (AvgIpc) is 2.67. The zero-order valence-electron chi connectivity index (χ0n) is 14.9. The quantitative estimate of drug-likeness (QED) is 0.831. The van der Waals surface area contributed by atoms with Crippen molar-refractivity contribution in [2.75, 3.05) is 13.6 Å². The van der Waals surface area contributed by atoms with Gasteiger partial charge in [0.05, 0.1) is 10.9 Å². The van der Waals surface area contributed by atoms with Crippen molar-refractivity contribution in [3.05, 3.63) is 65.2 Å². The van der Waals surface area contributed by atoms with Crippen LogP contribution in [0.25, 0.3) is 0 Å². The second kappa shape index (κ2) is 9.06. The summed E-state index contributed by atoms with van der Waals surface area (Å²) in [5.74, 6) is -0.270. The summed E-state index contributed by atoms with van der Waals surface area (Å²) in [6, 6.07) is 17.1. The van der Waals surface area contributed by atoms with Crippen molar-refractivity contribution in [1.82, 2.24) is 10.2 Å². The van der Waals surface area contributed by atoms with E-state index in [2.05, 4.69) is 10.3 Å². The summed E-state index contributed by atoms with van der Waals surface area (Å²) in [4.78, 5) is 31.1. The van der Waals surface area contributed by atoms with Crippen LogP contribution in [0.1, 0.15) is 12.0 Å². The molecule has 0 spiro atoms. The first-order valence-electron chi connectivity index (χ1n) is 8.63. The highest BCUT2D eigenvalue weighted by atomic mass is 35.5. The Morgan fingerprint density at radius 1 is 1.26 bits per heavy atom. The number of aliphatic imine (C=N–C) groups is 1. The van der Waals surface area contributed by atoms with Gasteiger partial charge in [0.25, 0.3) is 0 Å². The molecule has 5 nitrogen and oxygen atoms in total. The number of rotatable bonds is 5. The molecule has 1 aliphatic heterocycles. The van der Waals surface area contributed by atoms with E-state index in [9.17, 15) is 9.59 Å². The van der Waals surface area contributed by atoms with Crippen LogP contribution in [0.2, 0.25) is 5.02 Å². The van der Waals surface area contributed by atoms with Gasteiger partial charge in [-0.3, -0.25) is 14.5 Å². The Morgan fingerprint density at radius 2 is 2.04 bits per heavy atom. The second-order valence-corrected chi connectivity index (χ2v) is 7.69. The van der Waals surface area contributed by atoms with E-state index in [1.54, 1.807) is 24.1 Å². The third-order valence-corrected chi connectivity index (χ3v) is 5.60. The Balaban J connectivity index is 1.86. The van der Waals surface area contributed by atoms with Crippen LogP contribution in [-0.4, -0.2) is 40.7 Å². The minimum Gasteiger partial charge on any atom is -0.358 e. The standard InChI is InChI=1S/C20H20ClN3O2S/c1-22-19(26)17-13-18(25)24(11-10-14-6-3-2-4-7-14)20(27-17)23-16-9-5-8-15(21)12-16/h2-9,12,17H,10-11,13H2,1H3,(H,22,26)/t17-/m0/s1. The maximum atomic E-state index is 12.7. The molecule has 0 saturated carbocycles. The van der Waals surface area contributed by atoms with E-state index in [1.807, 2.05) is 42.5 Å². The van der Waals surface area contributed by atoms with Crippen molar-refractivity contribution < 1.29 is 9.59 Å². The topological polar surface area (TPSA) is 61.8 Å². The molecule has 1 N–H and O–H groups in total. The average molecular weight is 402 g/mol. The zero-order valence-corrected chi connectivity index (χ0v) is 16.5. The highest BCUT2D eigenvalue weighted by Gasteiger charge is 2.35. The fourth-order valence-corrected chi connectivity index (χ4v) is 4.13. The summed E-state index contributed by atoms with van der Waals surface area (Å²) in [5, 5.41) is 3.23. The molecule has 2 amide bonds. The number of amidine groups is 1. The molecule has 27 heavy (non-hydrogen) atoms. The lowest BCUT2D eigenvalue weighted by Crippen LogP contribution is -2.46. The number of halogens is 1. The molecule has 0 radical (unpaired) electrons. The van der Waals surface area contributed by atoms with Gasteiger partial charge >= 0.3 is 0 Å². The number of nitrogens with one attached hydrogen (secondary N) is 1. The van der Waals surface area contributed by atoms with Gasteiger partial charge in [0, 0.05) is 25.0 Å². The van der Waals surface area contributed by atoms with Crippen LogP contribution >= 0.6 is 23.4 Å². The molecule has 2 aromatic rings. The minimum absolute atomic E-state index is 0.0981. The van der Waals surface area contributed by atoms with Crippen LogP contribution in [0, 0.1) is 0 Å². The van der Waals surface area contributed by atoms with Crippen molar-refractivity contribution in [2.24, 2.45) is 4.99 Å². The molecular weight excluding hydrogens is 382 g/mol. The van der Waals surface area contributed by atoms with Gasteiger partial charge in [0.2, 0.25) is 11.8 Å². The third-order valence-electron chi connectivity index (χ3n) is 4.18. The minimum atomic E-state index is -0.478. The van der Waals surface area contributed by atoms with Gasteiger partial charge in [0.1, 0.15) is 0 Å². The summed E-state index contributed by atoms with van der Waals surface area (Å²) in [7, 11) is 1.57. The predicted octanol–water partition coefficient (Wildman–Crippen LogP) is 3.65. The highest BCUT2D eigenvalue weighted by Crippen LogP contribution is 2.30. The molecule has 1 aliphatic rings. The Hall–Kier alpha value is -2.31. The summed E-state index contributed by atoms with van der Waals surface area (Å²) < 4.78 is 0. The summed E-state index contributed by atoms with van der Waals surface area (Å²) in [6.45, 7) is 0.510. The molecule has 140 valence electrons. The van der Waals surface area contributed by atoms with Crippen molar-refractivity contribution in [2.45, 2.75) is 18.1 Å². The van der Waals surface area contributed by atoms with Crippen molar-refractivity contribution >= 4 is 46.0 Å². The molecule has 1 heterocycles.